The van der Waals surface area contributed by atoms with Gasteiger partial charge in [0, 0.05) is 12.3 Å². The number of benzene rings is 2. The lowest BCUT2D eigenvalue weighted by Gasteiger charge is -2.17. The van der Waals surface area contributed by atoms with Gasteiger partial charge in [-0.1, -0.05) is 48.9 Å². The summed E-state index contributed by atoms with van der Waals surface area (Å²) in [4.78, 5) is 23.1. The van der Waals surface area contributed by atoms with Crippen molar-refractivity contribution in [2.45, 2.75) is 33.0 Å². The zero-order valence-corrected chi connectivity index (χ0v) is 16.2. The molecule has 3 aromatic rings. The first-order chi connectivity index (χ1) is 14.0. The summed E-state index contributed by atoms with van der Waals surface area (Å²) < 4.78 is 6.90. The van der Waals surface area contributed by atoms with Gasteiger partial charge in [-0.15, -0.1) is 0 Å². The highest BCUT2D eigenvalue weighted by Crippen LogP contribution is 2.26. The van der Waals surface area contributed by atoms with Gasteiger partial charge in [-0.25, -0.2) is 4.68 Å². The molecule has 0 aliphatic heterocycles. The zero-order chi connectivity index (χ0) is 20.8. The van der Waals surface area contributed by atoms with E-state index in [0.717, 1.165) is 17.5 Å². The predicted molar refractivity (Wildman–Crippen MR) is 108 cm³/mol. The van der Waals surface area contributed by atoms with Crippen LogP contribution in [0, 0.1) is 17.0 Å². The Bertz CT molecular complexity index is 998. The topological polar surface area (TPSA) is 99.3 Å². The number of rotatable bonds is 8. The van der Waals surface area contributed by atoms with Gasteiger partial charge in [0.1, 0.15) is 5.69 Å². The summed E-state index contributed by atoms with van der Waals surface area (Å²) >= 11 is 0. The van der Waals surface area contributed by atoms with Gasteiger partial charge in [0.05, 0.1) is 11.0 Å². The Balaban J connectivity index is 1.64. The van der Waals surface area contributed by atoms with Crippen LogP contribution in [-0.2, 0) is 6.73 Å². The van der Waals surface area contributed by atoms with Crippen LogP contribution >= 0.6 is 0 Å². The van der Waals surface area contributed by atoms with Crippen molar-refractivity contribution in [2.24, 2.45) is 0 Å². The van der Waals surface area contributed by atoms with Gasteiger partial charge in [0.2, 0.25) is 0 Å². The molecule has 1 unspecified atom stereocenters. The minimum Gasteiger partial charge on any atom is -0.464 e. The quantitative estimate of drug-likeness (QED) is 0.459. The number of aryl methyl sites for hydroxylation is 1. The number of aromatic nitrogens is 2. The van der Waals surface area contributed by atoms with Crippen molar-refractivity contribution in [2.75, 3.05) is 0 Å². The van der Waals surface area contributed by atoms with Crippen LogP contribution in [0.1, 0.15) is 41.0 Å². The van der Waals surface area contributed by atoms with Crippen molar-refractivity contribution < 1.29 is 14.5 Å². The van der Waals surface area contributed by atoms with Gasteiger partial charge in [-0.2, -0.15) is 5.10 Å². The maximum absolute atomic E-state index is 12.6. The van der Waals surface area contributed by atoms with Crippen molar-refractivity contribution in [3.63, 3.8) is 0 Å². The van der Waals surface area contributed by atoms with Gasteiger partial charge in [0.25, 0.3) is 5.91 Å². The molecule has 0 bridgehead atoms. The number of para-hydroxylation sites is 2. The second-order valence-electron chi connectivity index (χ2n) is 6.58. The highest BCUT2D eigenvalue weighted by molar-refractivity contribution is 5.92. The fourth-order valence-corrected chi connectivity index (χ4v) is 2.87. The standard InChI is InChI=1S/C21H22N4O4/c1-3-17(16-10-8-15(2)9-11-16)22-21(26)18-12-13-24(23-18)14-29-20-7-5-4-6-19(20)25(27)28/h4-13,17H,3,14H2,1-2H3,(H,22,26). The molecule has 3 rings (SSSR count). The van der Waals surface area contributed by atoms with E-state index in [1.165, 1.54) is 16.8 Å². The number of nitro groups is 1. The second-order valence-corrected chi connectivity index (χ2v) is 6.58. The molecule has 2 aromatic carbocycles. The van der Waals surface area contributed by atoms with Crippen molar-refractivity contribution in [1.29, 1.82) is 0 Å². The van der Waals surface area contributed by atoms with E-state index in [4.69, 9.17) is 4.74 Å². The molecule has 0 saturated heterocycles. The van der Waals surface area contributed by atoms with E-state index in [1.807, 2.05) is 38.1 Å². The average molecular weight is 394 g/mol. The lowest BCUT2D eigenvalue weighted by atomic mass is 10.0. The summed E-state index contributed by atoms with van der Waals surface area (Å²) in [7, 11) is 0. The molecule has 150 valence electrons. The number of nitrogens with one attached hydrogen (secondary N) is 1. The number of amides is 1. The van der Waals surface area contributed by atoms with Crippen LogP contribution in [0.15, 0.2) is 60.8 Å². The van der Waals surface area contributed by atoms with E-state index >= 15 is 0 Å². The molecule has 0 spiro atoms. The third kappa shape index (κ3) is 4.98. The van der Waals surface area contributed by atoms with Crippen molar-refractivity contribution in [3.8, 4) is 5.75 Å². The summed E-state index contributed by atoms with van der Waals surface area (Å²) in [6.45, 7) is 3.97. The summed E-state index contributed by atoms with van der Waals surface area (Å²) in [6.07, 6.45) is 2.34. The van der Waals surface area contributed by atoms with Gasteiger partial charge in [0.15, 0.2) is 12.5 Å². The average Bonchev–Trinajstić information content (AvgIpc) is 3.20. The van der Waals surface area contributed by atoms with E-state index in [-0.39, 0.29) is 35.8 Å². The molecule has 0 aliphatic carbocycles. The first-order valence-corrected chi connectivity index (χ1v) is 9.25. The molecule has 1 amide bonds. The molecule has 0 saturated carbocycles. The number of hydrogen-bond donors (Lipinski definition) is 1. The number of carbonyl (C=O) groups is 1. The Morgan fingerprint density at radius 2 is 1.93 bits per heavy atom. The molecule has 29 heavy (non-hydrogen) atoms. The lowest BCUT2D eigenvalue weighted by molar-refractivity contribution is -0.386. The van der Waals surface area contributed by atoms with E-state index in [1.54, 1.807) is 24.4 Å². The molecule has 1 atom stereocenters. The van der Waals surface area contributed by atoms with Crippen LogP contribution in [-0.4, -0.2) is 20.6 Å². The number of nitro benzene ring substituents is 1. The van der Waals surface area contributed by atoms with Crippen LogP contribution in [0.2, 0.25) is 0 Å². The van der Waals surface area contributed by atoms with Crippen molar-refractivity contribution >= 4 is 11.6 Å². The van der Waals surface area contributed by atoms with Crippen LogP contribution in [0.4, 0.5) is 5.69 Å². The molecule has 0 fully saturated rings. The largest absolute Gasteiger partial charge is 0.464 e. The fourth-order valence-electron chi connectivity index (χ4n) is 2.87. The van der Waals surface area contributed by atoms with E-state index < -0.39 is 4.92 Å². The molecule has 1 aromatic heterocycles. The summed E-state index contributed by atoms with van der Waals surface area (Å²) in [5.41, 5.74) is 2.32. The summed E-state index contributed by atoms with van der Waals surface area (Å²) in [5, 5.41) is 18.2. The number of nitrogens with zero attached hydrogens (tertiary/aromatic N) is 3. The molecular weight excluding hydrogens is 372 g/mol. The van der Waals surface area contributed by atoms with Gasteiger partial charge in [-0.05, 0) is 31.0 Å². The fraction of sp³-hybridized carbons (Fsp3) is 0.238. The summed E-state index contributed by atoms with van der Waals surface area (Å²) in [6, 6.07) is 15.6. The van der Waals surface area contributed by atoms with E-state index in [0.29, 0.717) is 0 Å². The Hall–Kier alpha value is -3.68. The first kappa shape index (κ1) is 20.1. The third-order valence-electron chi connectivity index (χ3n) is 4.48. The van der Waals surface area contributed by atoms with Crippen LogP contribution in [0.25, 0.3) is 0 Å². The number of ether oxygens (including phenoxy) is 1. The Kier molecular flexibility index (Phi) is 6.23. The van der Waals surface area contributed by atoms with Gasteiger partial charge in [-0.3, -0.25) is 14.9 Å². The van der Waals surface area contributed by atoms with Crippen LogP contribution in [0.5, 0.6) is 5.75 Å². The Morgan fingerprint density at radius 1 is 1.21 bits per heavy atom. The first-order valence-electron chi connectivity index (χ1n) is 9.25. The van der Waals surface area contributed by atoms with Crippen molar-refractivity contribution in [1.82, 2.24) is 15.1 Å². The highest BCUT2D eigenvalue weighted by Gasteiger charge is 2.17. The third-order valence-corrected chi connectivity index (χ3v) is 4.48. The lowest BCUT2D eigenvalue weighted by Crippen LogP contribution is -2.28. The second kappa shape index (κ2) is 9.01. The number of hydrogen-bond acceptors (Lipinski definition) is 5. The van der Waals surface area contributed by atoms with Crippen LogP contribution in [0.3, 0.4) is 0 Å². The maximum atomic E-state index is 12.6. The SMILES string of the molecule is CCC(NC(=O)c1ccn(COc2ccccc2[N+](=O)[O-])n1)c1ccc(C)cc1. The minimum absolute atomic E-state index is 0.0483. The molecule has 0 radical (unpaired) electrons. The molecule has 0 aliphatic rings. The molecule has 1 heterocycles. The molecular formula is C21H22N4O4. The Labute approximate surface area is 168 Å². The monoisotopic (exact) mass is 394 g/mol. The van der Waals surface area contributed by atoms with Gasteiger partial charge < -0.3 is 10.1 Å². The molecule has 1 N–H and O–H groups in total. The van der Waals surface area contributed by atoms with E-state index in [2.05, 4.69) is 10.4 Å². The smallest absolute Gasteiger partial charge is 0.311 e. The zero-order valence-electron chi connectivity index (χ0n) is 16.2. The summed E-state index contributed by atoms with van der Waals surface area (Å²) in [5.74, 6) is -0.147. The minimum atomic E-state index is -0.507. The predicted octanol–water partition coefficient (Wildman–Crippen LogP) is 4.02. The number of carbonyl (C=O) groups excluding carboxylic acids is 1. The molecule has 8 nitrogen and oxygen atoms in total. The highest BCUT2D eigenvalue weighted by atomic mass is 16.6. The van der Waals surface area contributed by atoms with Crippen LogP contribution < -0.4 is 10.1 Å². The normalized spacial score (nSPS) is 11.7. The Morgan fingerprint density at radius 3 is 2.62 bits per heavy atom. The van der Waals surface area contributed by atoms with Crippen molar-refractivity contribution in [3.05, 3.63) is 87.7 Å². The maximum Gasteiger partial charge on any atom is 0.311 e. The van der Waals surface area contributed by atoms with E-state index in [9.17, 15) is 14.9 Å². The molecule has 8 heteroatoms. The van der Waals surface area contributed by atoms with Gasteiger partial charge >= 0.3 is 5.69 Å².